The molecule has 0 bridgehead atoms. The van der Waals surface area contributed by atoms with E-state index in [9.17, 15) is 5.11 Å². The van der Waals surface area contributed by atoms with Crippen LogP contribution in [0.5, 0.6) is 0 Å². The Morgan fingerprint density at radius 3 is 2.39 bits per heavy atom. The highest BCUT2D eigenvalue weighted by Crippen LogP contribution is 2.29. The van der Waals surface area contributed by atoms with Gasteiger partial charge in [0.2, 0.25) is 9.04 Å². The summed E-state index contributed by atoms with van der Waals surface area (Å²) < 4.78 is 5.87. The van der Waals surface area contributed by atoms with Gasteiger partial charge in [0.15, 0.2) is 0 Å². The smallest absolute Gasteiger partial charge is 0.205 e. The van der Waals surface area contributed by atoms with Crippen molar-refractivity contribution >= 4 is 9.04 Å². The normalized spacial score (nSPS) is 12.2. The lowest BCUT2D eigenvalue weighted by Crippen LogP contribution is -2.18. The van der Waals surface area contributed by atoms with Gasteiger partial charge in [-0.15, -0.1) is 0 Å². The van der Waals surface area contributed by atoms with E-state index in [0.717, 1.165) is 0 Å². The van der Waals surface area contributed by atoms with Gasteiger partial charge in [0.05, 0.1) is 6.61 Å². The molecule has 3 heteroatoms. The molecule has 1 radical (unpaired) electrons. The number of hydrogen-bond acceptors (Lipinski definition) is 2. The molecular weight excluding hydrogens is 240 g/mol. The molecule has 0 amide bonds. The van der Waals surface area contributed by atoms with Crippen molar-refractivity contribution in [3.05, 3.63) is 34.9 Å². The second-order valence-electron chi connectivity index (χ2n) is 5.86. The molecule has 1 rings (SSSR count). The van der Waals surface area contributed by atoms with Crippen molar-refractivity contribution in [2.75, 3.05) is 6.61 Å². The van der Waals surface area contributed by atoms with Gasteiger partial charge in [0, 0.05) is 6.61 Å². The van der Waals surface area contributed by atoms with E-state index >= 15 is 0 Å². The topological polar surface area (TPSA) is 29.5 Å². The van der Waals surface area contributed by atoms with Gasteiger partial charge in [0.1, 0.15) is 0 Å². The van der Waals surface area contributed by atoms with Crippen molar-refractivity contribution in [3.8, 4) is 0 Å². The van der Waals surface area contributed by atoms with Crippen molar-refractivity contribution in [1.82, 2.24) is 0 Å². The molecule has 0 aliphatic heterocycles. The Hall–Kier alpha value is -0.643. The van der Waals surface area contributed by atoms with Gasteiger partial charge in [-0.2, -0.15) is 0 Å². The number of rotatable bonds is 5. The van der Waals surface area contributed by atoms with Crippen LogP contribution in [0.4, 0.5) is 0 Å². The number of aliphatic hydroxyl groups excluding tert-OH is 1. The highest BCUT2D eigenvalue weighted by atomic mass is 28.3. The second-order valence-corrected chi connectivity index (χ2v) is 7.97. The molecule has 1 N–H and O–H groups in total. The fraction of sp³-hybridized carbons (Fsp3) is 0.600. The van der Waals surface area contributed by atoms with Crippen LogP contribution in [0, 0.1) is 0 Å². The minimum atomic E-state index is -0.687. The molecule has 0 atom stereocenters. The summed E-state index contributed by atoms with van der Waals surface area (Å²) in [4.78, 5) is 0. The summed E-state index contributed by atoms with van der Waals surface area (Å²) in [5.41, 5.74) is 3.92. The third kappa shape index (κ3) is 4.23. The molecule has 0 unspecified atom stereocenters. The quantitative estimate of drug-likeness (QED) is 0.828. The maximum absolute atomic E-state index is 9.18. The molecule has 0 aliphatic carbocycles. The Morgan fingerprint density at radius 1 is 1.22 bits per heavy atom. The maximum Gasteiger partial charge on any atom is 0.205 e. The zero-order valence-corrected chi connectivity index (χ0v) is 13.2. The highest BCUT2D eigenvalue weighted by Gasteiger charge is 2.20. The summed E-state index contributed by atoms with van der Waals surface area (Å²) in [6.45, 7) is 11.8. The third-order valence-corrected chi connectivity index (χ3v) is 3.69. The first kappa shape index (κ1) is 15.4. The van der Waals surface area contributed by atoms with E-state index in [1.165, 1.54) is 16.7 Å². The lowest BCUT2D eigenvalue weighted by atomic mass is 9.82. The lowest BCUT2D eigenvalue weighted by Gasteiger charge is -2.25. The van der Waals surface area contributed by atoms with E-state index < -0.39 is 9.04 Å². The molecule has 0 heterocycles. The Morgan fingerprint density at radius 2 is 1.89 bits per heavy atom. The summed E-state index contributed by atoms with van der Waals surface area (Å²) in [5, 5.41) is 9.18. The van der Waals surface area contributed by atoms with Crippen LogP contribution in [0.25, 0.3) is 0 Å². The van der Waals surface area contributed by atoms with E-state index in [1.807, 2.05) is 0 Å². The van der Waals surface area contributed by atoms with Crippen LogP contribution in [-0.2, 0) is 22.9 Å². The fourth-order valence-electron chi connectivity index (χ4n) is 2.08. The molecule has 0 aliphatic rings. The van der Waals surface area contributed by atoms with E-state index in [2.05, 4.69) is 52.1 Å². The second kappa shape index (κ2) is 6.50. The van der Waals surface area contributed by atoms with Crippen molar-refractivity contribution in [2.24, 2.45) is 0 Å². The van der Waals surface area contributed by atoms with Crippen LogP contribution in [0.2, 0.25) is 13.1 Å². The van der Waals surface area contributed by atoms with Gasteiger partial charge in [-0.05, 0) is 41.6 Å². The highest BCUT2D eigenvalue weighted by molar-refractivity contribution is 6.48. The van der Waals surface area contributed by atoms with Gasteiger partial charge in [-0.3, -0.25) is 0 Å². The Labute approximate surface area is 113 Å². The minimum Gasteiger partial charge on any atom is -0.413 e. The molecule has 0 saturated heterocycles. The predicted molar refractivity (Wildman–Crippen MR) is 78.2 cm³/mol. The molecule has 101 valence electrons. The Balaban J connectivity index is 3.12. The van der Waals surface area contributed by atoms with E-state index in [4.69, 9.17) is 4.43 Å². The molecule has 1 aromatic rings. The van der Waals surface area contributed by atoms with Gasteiger partial charge < -0.3 is 9.53 Å². The Bertz CT molecular complexity index is 381. The fourth-order valence-corrected chi connectivity index (χ4v) is 2.51. The molecule has 0 spiro atoms. The molecule has 0 fully saturated rings. The standard InChI is InChI=1S/C15H25O2Si/c1-15(2,3)14-8-6-7-12(9-10-16)13(14)11-17-18(4)5/h6-8,16H,9-11H2,1-5H3. The van der Waals surface area contributed by atoms with E-state index in [-0.39, 0.29) is 12.0 Å². The largest absolute Gasteiger partial charge is 0.413 e. The first-order chi connectivity index (χ1) is 8.36. The van der Waals surface area contributed by atoms with Crippen LogP contribution in [0.1, 0.15) is 37.5 Å². The van der Waals surface area contributed by atoms with Crippen LogP contribution in [0.15, 0.2) is 18.2 Å². The monoisotopic (exact) mass is 265 g/mol. The van der Waals surface area contributed by atoms with Crippen molar-refractivity contribution < 1.29 is 9.53 Å². The molecule has 2 nitrogen and oxygen atoms in total. The maximum atomic E-state index is 9.18. The lowest BCUT2D eigenvalue weighted by molar-refractivity contribution is 0.292. The number of aliphatic hydroxyl groups is 1. The van der Waals surface area contributed by atoms with Crippen LogP contribution in [-0.4, -0.2) is 20.8 Å². The van der Waals surface area contributed by atoms with Crippen LogP contribution >= 0.6 is 0 Å². The summed E-state index contributed by atoms with van der Waals surface area (Å²) in [6.07, 6.45) is 0.706. The average molecular weight is 265 g/mol. The minimum absolute atomic E-state index is 0.110. The average Bonchev–Trinajstić information content (AvgIpc) is 2.26. The van der Waals surface area contributed by atoms with Crippen molar-refractivity contribution in [1.29, 1.82) is 0 Å². The van der Waals surface area contributed by atoms with E-state index in [1.54, 1.807) is 0 Å². The molecular formula is C15H25O2Si. The van der Waals surface area contributed by atoms with Gasteiger partial charge in [0.25, 0.3) is 0 Å². The van der Waals surface area contributed by atoms with Crippen molar-refractivity contribution in [2.45, 2.75) is 52.3 Å². The molecule has 0 saturated carbocycles. The zero-order valence-electron chi connectivity index (χ0n) is 12.2. The summed E-state index contributed by atoms with van der Waals surface area (Å²) in [6, 6.07) is 6.36. The first-order valence-electron chi connectivity index (χ1n) is 6.51. The number of hydrogen-bond donors (Lipinski definition) is 1. The summed E-state index contributed by atoms with van der Waals surface area (Å²) in [7, 11) is -0.687. The first-order valence-corrected chi connectivity index (χ1v) is 8.92. The van der Waals surface area contributed by atoms with Gasteiger partial charge in [-0.25, -0.2) is 0 Å². The molecule has 1 aromatic carbocycles. The van der Waals surface area contributed by atoms with E-state index in [0.29, 0.717) is 13.0 Å². The Kier molecular flexibility index (Phi) is 5.57. The van der Waals surface area contributed by atoms with Gasteiger partial charge >= 0.3 is 0 Å². The SMILES string of the molecule is C[Si](C)OCc1c(CCO)cccc1C(C)(C)C. The summed E-state index contributed by atoms with van der Waals surface area (Å²) in [5.74, 6) is 0. The van der Waals surface area contributed by atoms with Crippen LogP contribution in [0.3, 0.4) is 0 Å². The summed E-state index contributed by atoms with van der Waals surface area (Å²) >= 11 is 0. The zero-order chi connectivity index (χ0) is 13.8. The number of benzene rings is 1. The van der Waals surface area contributed by atoms with Crippen molar-refractivity contribution in [3.63, 3.8) is 0 Å². The molecule has 18 heavy (non-hydrogen) atoms. The third-order valence-electron chi connectivity index (χ3n) is 2.97. The van der Waals surface area contributed by atoms with Gasteiger partial charge in [-0.1, -0.05) is 39.0 Å². The molecule has 0 aromatic heterocycles. The predicted octanol–water partition coefficient (Wildman–Crippen LogP) is 3.29. The van der Waals surface area contributed by atoms with Crippen LogP contribution < -0.4 is 0 Å².